The van der Waals surface area contributed by atoms with Gasteiger partial charge in [0.1, 0.15) is 35.9 Å². The largest absolute Gasteiger partial charge is 0.481 e. The first-order valence-corrected chi connectivity index (χ1v) is 8.92. The number of benzene rings is 2. The molecule has 0 aromatic heterocycles. The second-order valence-electron chi connectivity index (χ2n) is 6.49. The summed E-state index contributed by atoms with van der Waals surface area (Å²) in [6, 6.07) is 13.5. The molecule has 0 aliphatic carbocycles. The van der Waals surface area contributed by atoms with Crippen molar-refractivity contribution in [2.45, 2.75) is 30.7 Å². The van der Waals surface area contributed by atoms with Gasteiger partial charge in [-0.1, -0.05) is 36.4 Å². The Hall–Kier alpha value is -2.69. The zero-order valence-corrected chi connectivity index (χ0v) is 15.3. The molecule has 0 radical (unpaired) electrons. The Morgan fingerprint density at radius 3 is 2.10 bits per heavy atom. The van der Waals surface area contributed by atoms with Crippen LogP contribution in [-0.2, 0) is 9.53 Å². The number of para-hydroxylation sites is 2. The zero-order chi connectivity index (χ0) is 21.0. The molecule has 29 heavy (non-hydrogen) atoms. The summed E-state index contributed by atoms with van der Waals surface area (Å²) in [6.45, 7) is -1.09. The van der Waals surface area contributed by atoms with Gasteiger partial charge >= 0.3 is 5.97 Å². The zero-order valence-electron chi connectivity index (χ0n) is 15.3. The molecule has 0 bridgehead atoms. The summed E-state index contributed by atoms with van der Waals surface area (Å²) in [5.41, 5.74) is 1.08. The average Bonchev–Trinajstić information content (AvgIpc) is 2.73. The molecule has 9 nitrogen and oxygen atoms in total. The molecule has 1 heterocycles. The van der Waals surface area contributed by atoms with E-state index in [4.69, 9.17) is 19.3 Å². The van der Waals surface area contributed by atoms with Crippen molar-refractivity contribution < 1.29 is 44.5 Å². The van der Waals surface area contributed by atoms with Crippen molar-refractivity contribution in [1.82, 2.24) is 0 Å². The molecular formula is C20H22O9. The van der Waals surface area contributed by atoms with Crippen molar-refractivity contribution in [3.05, 3.63) is 48.5 Å². The Kier molecular flexibility index (Phi) is 6.68. The number of aliphatic hydroxyl groups is 4. The maximum Gasteiger partial charge on any atom is 0.341 e. The van der Waals surface area contributed by atoms with E-state index < -0.39 is 49.9 Å². The lowest BCUT2D eigenvalue weighted by Gasteiger charge is -2.39. The fraction of sp³-hybridized carbons (Fsp3) is 0.350. The molecule has 3 rings (SSSR count). The highest BCUT2D eigenvalue weighted by molar-refractivity contribution is 5.76. The van der Waals surface area contributed by atoms with Gasteiger partial charge < -0.3 is 39.7 Å². The van der Waals surface area contributed by atoms with Crippen LogP contribution < -0.4 is 9.47 Å². The van der Waals surface area contributed by atoms with Gasteiger partial charge in [-0.15, -0.1) is 0 Å². The van der Waals surface area contributed by atoms with E-state index >= 15 is 0 Å². The van der Waals surface area contributed by atoms with E-state index in [9.17, 15) is 25.2 Å². The van der Waals surface area contributed by atoms with Gasteiger partial charge in [0.15, 0.2) is 6.61 Å². The Bertz CT molecular complexity index is 838. The first kappa shape index (κ1) is 21.0. The Morgan fingerprint density at radius 2 is 1.48 bits per heavy atom. The normalized spacial score (nSPS) is 26.7. The molecule has 2 aromatic rings. The van der Waals surface area contributed by atoms with Crippen LogP contribution in [0.25, 0.3) is 11.1 Å². The van der Waals surface area contributed by atoms with Crippen molar-refractivity contribution in [2.75, 3.05) is 13.2 Å². The maximum atomic E-state index is 10.8. The number of carbonyl (C=O) groups is 1. The molecule has 9 heteroatoms. The maximum absolute atomic E-state index is 10.8. The van der Waals surface area contributed by atoms with Crippen molar-refractivity contribution in [2.24, 2.45) is 0 Å². The summed E-state index contributed by atoms with van der Waals surface area (Å²) < 4.78 is 16.5. The summed E-state index contributed by atoms with van der Waals surface area (Å²) in [6.07, 6.45) is -7.06. The summed E-state index contributed by atoms with van der Waals surface area (Å²) in [4.78, 5) is 10.8. The molecule has 0 saturated carbocycles. The number of hydrogen-bond acceptors (Lipinski definition) is 8. The van der Waals surface area contributed by atoms with Crippen molar-refractivity contribution >= 4 is 5.97 Å². The molecule has 0 unspecified atom stereocenters. The second kappa shape index (κ2) is 9.21. The number of aliphatic hydroxyl groups excluding tert-OH is 4. The van der Waals surface area contributed by atoms with Gasteiger partial charge in [0.05, 0.1) is 6.61 Å². The predicted octanol–water partition coefficient (Wildman–Crippen LogP) is -0.00430. The van der Waals surface area contributed by atoms with E-state index in [1.54, 1.807) is 48.5 Å². The van der Waals surface area contributed by atoms with Crippen LogP contribution in [0.2, 0.25) is 0 Å². The Labute approximate surface area is 166 Å². The standard InChI is InChI=1S/C20H22O9/c21-9-15-17(24)18(25)19(26)20(29-15)28-14-8-4-2-6-12(14)11-5-1-3-7-13(11)27-10-16(22)23/h1-8,15,17-21,24-26H,9-10H2,(H,22,23)/t15-,17-,18+,19+,20-/m1/s1. The minimum atomic E-state index is -1.57. The Balaban J connectivity index is 1.90. The van der Waals surface area contributed by atoms with Crippen molar-refractivity contribution in [1.29, 1.82) is 0 Å². The molecule has 0 spiro atoms. The number of rotatable bonds is 7. The average molecular weight is 406 g/mol. The highest BCUT2D eigenvalue weighted by atomic mass is 16.7. The molecule has 5 atom stereocenters. The lowest BCUT2D eigenvalue weighted by Crippen LogP contribution is -2.60. The fourth-order valence-electron chi connectivity index (χ4n) is 3.04. The predicted molar refractivity (Wildman–Crippen MR) is 99.4 cm³/mol. The first-order chi connectivity index (χ1) is 13.9. The van der Waals surface area contributed by atoms with Crippen molar-refractivity contribution in [3.8, 4) is 22.6 Å². The lowest BCUT2D eigenvalue weighted by atomic mass is 9.99. The van der Waals surface area contributed by atoms with E-state index in [2.05, 4.69) is 0 Å². The van der Waals surface area contributed by atoms with Crippen LogP contribution >= 0.6 is 0 Å². The minimum absolute atomic E-state index is 0.267. The number of ether oxygens (including phenoxy) is 3. The third-order valence-corrected chi connectivity index (χ3v) is 4.51. The molecule has 1 aliphatic heterocycles. The van der Waals surface area contributed by atoms with Crippen LogP contribution in [0.15, 0.2) is 48.5 Å². The van der Waals surface area contributed by atoms with Gasteiger partial charge in [-0.2, -0.15) is 0 Å². The summed E-state index contributed by atoms with van der Waals surface area (Å²) in [5, 5.41) is 48.3. The van der Waals surface area contributed by atoms with E-state index in [0.717, 1.165) is 0 Å². The van der Waals surface area contributed by atoms with Gasteiger partial charge in [-0.25, -0.2) is 4.79 Å². The number of carboxylic acids is 1. The smallest absolute Gasteiger partial charge is 0.341 e. The van der Waals surface area contributed by atoms with Crippen LogP contribution in [0.1, 0.15) is 0 Å². The molecule has 1 fully saturated rings. The van der Waals surface area contributed by atoms with E-state index in [0.29, 0.717) is 16.9 Å². The van der Waals surface area contributed by atoms with E-state index in [1.807, 2.05) is 0 Å². The van der Waals surface area contributed by atoms with Gasteiger partial charge in [0.2, 0.25) is 6.29 Å². The first-order valence-electron chi connectivity index (χ1n) is 8.92. The molecule has 1 saturated heterocycles. The molecule has 156 valence electrons. The molecular weight excluding hydrogens is 384 g/mol. The SMILES string of the molecule is O=C(O)COc1ccccc1-c1ccccc1O[C@@H]1O[C@H](CO)[C@@H](O)[C@H](O)[C@@H]1O. The molecule has 0 amide bonds. The topological polar surface area (TPSA) is 146 Å². The second-order valence-corrected chi connectivity index (χ2v) is 6.49. The minimum Gasteiger partial charge on any atom is -0.481 e. The number of hydrogen-bond donors (Lipinski definition) is 5. The van der Waals surface area contributed by atoms with Gasteiger partial charge in [-0.3, -0.25) is 0 Å². The van der Waals surface area contributed by atoms with Crippen LogP contribution in [0.5, 0.6) is 11.5 Å². The third-order valence-electron chi connectivity index (χ3n) is 4.51. The fourth-order valence-corrected chi connectivity index (χ4v) is 3.04. The number of aliphatic carboxylic acids is 1. The summed E-state index contributed by atoms with van der Waals surface area (Å²) in [7, 11) is 0. The Morgan fingerprint density at radius 1 is 0.897 bits per heavy atom. The van der Waals surface area contributed by atoms with Gasteiger partial charge in [0, 0.05) is 11.1 Å². The molecule has 5 N–H and O–H groups in total. The third kappa shape index (κ3) is 4.66. The van der Waals surface area contributed by atoms with Crippen LogP contribution in [-0.4, -0.2) is 75.4 Å². The highest BCUT2D eigenvalue weighted by Crippen LogP contribution is 2.37. The highest BCUT2D eigenvalue weighted by Gasteiger charge is 2.44. The van der Waals surface area contributed by atoms with Crippen LogP contribution in [0, 0.1) is 0 Å². The number of carboxylic acid groups (broad SMARTS) is 1. The van der Waals surface area contributed by atoms with Gasteiger partial charge in [0.25, 0.3) is 0 Å². The van der Waals surface area contributed by atoms with Gasteiger partial charge in [-0.05, 0) is 12.1 Å². The molecule has 2 aromatic carbocycles. The summed E-state index contributed by atoms with van der Waals surface area (Å²) in [5.74, 6) is -0.534. The molecule has 1 aliphatic rings. The van der Waals surface area contributed by atoms with Crippen LogP contribution in [0.3, 0.4) is 0 Å². The van der Waals surface area contributed by atoms with E-state index in [1.165, 1.54) is 0 Å². The van der Waals surface area contributed by atoms with Crippen LogP contribution in [0.4, 0.5) is 0 Å². The summed E-state index contributed by atoms with van der Waals surface area (Å²) >= 11 is 0. The van der Waals surface area contributed by atoms with Crippen molar-refractivity contribution in [3.63, 3.8) is 0 Å². The van der Waals surface area contributed by atoms with E-state index in [-0.39, 0.29) is 5.75 Å². The monoisotopic (exact) mass is 406 g/mol. The quantitative estimate of drug-likeness (QED) is 0.429. The lowest BCUT2D eigenvalue weighted by molar-refractivity contribution is -0.277.